The Hall–Kier alpha value is -2.35. The molecule has 0 bridgehead atoms. The highest BCUT2D eigenvalue weighted by Crippen LogP contribution is 2.11. The number of carbonyl (C=O) groups excluding carboxylic acids is 1. The largest absolute Gasteiger partial charge is 0.328 e. The zero-order valence-corrected chi connectivity index (χ0v) is 9.50. The molecule has 0 N–H and O–H groups in total. The highest BCUT2D eigenvalue weighted by Gasteiger charge is 2.17. The summed E-state index contributed by atoms with van der Waals surface area (Å²) in [5.74, 6) is 2.35. The summed E-state index contributed by atoms with van der Waals surface area (Å²) in [7, 11) is 0. The third-order valence-corrected chi connectivity index (χ3v) is 2.51. The van der Waals surface area contributed by atoms with Crippen LogP contribution in [0.5, 0.6) is 0 Å². The zero-order valence-electron chi connectivity index (χ0n) is 9.50. The van der Waals surface area contributed by atoms with Gasteiger partial charge < -0.3 is 4.90 Å². The van der Waals surface area contributed by atoms with E-state index in [1.54, 1.807) is 34.2 Å². The molecule has 0 saturated carbocycles. The minimum atomic E-state index is -0.117. The van der Waals surface area contributed by atoms with Crippen molar-refractivity contribution in [3.8, 4) is 12.3 Å². The molecule has 0 radical (unpaired) electrons. The monoisotopic (exact) mass is 228 g/mol. The van der Waals surface area contributed by atoms with Crippen molar-refractivity contribution in [3.05, 3.63) is 30.4 Å². The lowest BCUT2D eigenvalue weighted by molar-refractivity contribution is 0.0787. The Labute approximate surface area is 99.1 Å². The Morgan fingerprint density at radius 3 is 3.12 bits per heavy atom. The van der Waals surface area contributed by atoms with Crippen LogP contribution in [-0.2, 0) is 0 Å². The summed E-state index contributed by atoms with van der Waals surface area (Å²) in [4.78, 5) is 17.8. The van der Waals surface area contributed by atoms with Crippen LogP contribution in [0.25, 0.3) is 5.52 Å². The minimum Gasteiger partial charge on any atom is -0.328 e. The first-order valence-corrected chi connectivity index (χ1v) is 5.28. The number of amides is 1. The summed E-state index contributed by atoms with van der Waals surface area (Å²) in [6, 6.07) is 0. The van der Waals surface area contributed by atoms with E-state index in [9.17, 15) is 4.79 Å². The molecule has 17 heavy (non-hydrogen) atoms. The van der Waals surface area contributed by atoms with E-state index in [4.69, 9.17) is 6.42 Å². The second-order valence-electron chi connectivity index (χ2n) is 3.49. The van der Waals surface area contributed by atoms with Gasteiger partial charge in [0.15, 0.2) is 0 Å². The van der Waals surface area contributed by atoms with Gasteiger partial charge in [-0.1, -0.05) is 5.92 Å². The van der Waals surface area contributed by atoms with Gasteiger partial charge in [0.05, 0.1) is 30.0 Å². The number of aromatic nitrogens is 3. The lowest BCUT2D eigenvalue weighted by Crippen LogP contribution is -2.31. The number of carbonyl (C=O) groups is 1. The number of hydrogen-bond donors (Lipinski definition) is 0. The molecule has 0 fully saturated rings. The second-order valence-corrected chi connectivity index (χ2v) is 3.49. The first-order valence-electron chi connectivity index (χ1n) is 5.28. The molecule has 5 nitrogen and oxygen atoms in total. The minimum absolute atomic E-state index is 0.117. The average Bonchev–Trinajstić information content (AvgIpc) is 2.79. The molecule has 0 spiro atoms. The number of hydrogen-bond acceptors (Lipinski definition) is 3. The molecule has 2 heterocycles. The molecular formula is C12H12N4O. The summed E-state index contributed by atoms with van der Waals surface area (Å²) in [6.45, 7) is 2.76. The van der Waals surface area contributed by atoms with Gasteiger partial charge in [0.25, 0.3) is 5.91 Å². The van der Waals surface area contributed by atoms with E-state index in [0.29, 0.717) is 24.2 Å². The zero-order chi connectivity index (χ0) is 12.3. The van der Waals surface area contributed by atoms with Gasteiger partial charge in [0.2, 0.25) is 0 Å². The van der Waals surface area contributed by atoms with Gasteiger partial charge in [-0.2, -0.15) is 5.10 Å². The Morgan fingerprint density at radius 2 is 2.41 bits per heavy atom. The molecule has 2 rings (SSSR count). The fourth-order valence-corrected chi connectivity index (χ4v) is 1.61. The smallest absolute Gasteiger partial charge is 0.258 e. The number of terminal acetylenes is 1. The van der Waals surface area contributed by atoms with Crippen molar-refractivity contribution in [2.45, 2.75) is 6.92 Å². The lowest BCUT2D eigenvalue weighted by Gasteiger charge is -2.16. The summed E-state index contributed by atoms with van der Waals surface area (Å²) in [5, 5.41) is 4.09. The Bertz CT molecular complexity index is 581. The number of nitrogens with zero attached hydrogens (tertiary/aromatic N) is 4. The van der Waals surface area contributed by atoms with Gasteiger partial charge in [0, 0.05) is 18.9 Å². The molecule has 1 amide bonds. The molecule has 0 unspecified atom stereocenters. The molecule has 0 aliphatic heterocycles. The van der Waals surface area contributed by atoms with E-state index in [-0.39, 0.29) is 5.91 Å². The standard InChI is InChI=1S/C12H12N4O/c1-3-6-15(4-2)12(17)10-8-14-16-7-5-13-9-11(10)16/h1,5,7-9H,4,6H2,2H3. The molecule has 2 aromatic rings. The predicted molar refractivity (Wildman–Crippen MR) is 63.4 cm³/mol. The summed E-state index contributed by atoms with van der Waals surface area (Å²) in [5.41, 5.74) is 1.21. The molecule has 86 valence electrons. The maximum Gasteiger partial charge on any atom is 0.258 e. The van der Waals surface area contributed by atoms with Crippen molar-refractivity contribution in [2.75, 3.05) is 13.1 Å². The third kappa shape index (κ3) is 1.97. The van der Waals surface area contributed by atoms with Crippen LogP contribution >= 0.6 is 0 Å². The maximum atomic E-state index is 12.2. The lowest BCUT2D eigenvalue weighted by atomic mass is 10.2. The first-order chi connectivity index (χ1) is 8.27. The molecule has 0 saturated heterocycles. The van der Waals surface area contributed by atoms with Gasteiger partial charge in [-0.3, -0.25) is 9.78 Å². The van der Waals surface area contributed by atoms with Gasteiger partial charge in [-0.15, -0.1) is 6.42 Å². The Kier molecular flexibility index (Phi) is 3.06. The van der Waals surface area contributed by atoms with Crippen molar-refractivity contribution >= 4 is 11.4 Å². The van der Waals surface area contributed by atoms with Crippen molar-refractivity contribution in [1.29, 1.82) is 0 Å². The third-order valence-electron chi connectivity index (χ3n) is 2.51. The van der Waals surface area contributed by atoms with Crippen LogP contribution in [0.3, 0.4) is 0 Å². The normalized spacial score (nSPS) is 10.1. The van der Waals surface area contributed by atoms with Crippen LogP contribution in [0, 0.1) is 12.3 Å². The van der Waals surface area contributed by atoms with E-state index in [1.165, 1.54) is 0 Å². The summed E-state index contributed by atoms with van der Waals surface area (Å²) in [6.07, 6.45) is 11.7. The van der Waals surface area contributed by atoms with Crippen LogP contribution in [0.15, 0.2) is 24.8 Å². The fourth-order valence-electron chi connectivity index (χ4n) is 1.61. The molecule has 0 atom stereocenters. The SMILES string of the molecule is C#CCN(CC)C(=O)c1cnn2ccncc12. The van der Waals surface area contributed by atoms with Crippen molar-refractivity contribution in [2.24, 2.45) is 0 Å². The summed E-state index contributed by atoms with van der Waals surface area (Å²) >= 11 is 0. The topological polar surface area (TPSA) is 50.5 Å². The number of rotatable bonds is 3. The van der Waals surface area contributed by atoms with E-state index in [1.807, 2.05) is 6.92 Å². The van der Waals surface area contributed by atoms with E-state index < -0.39 is 0 Å². The van der Waals surface area contributed by atoms with Gasteiger partial charge in [0.1, 0.15) is 0 Å². The van der Waals surface area contributed by atoms with Crippen molar-refractivity contribution in [3.63, 3.8) is 0 Å². The summed E-state index contributed by atoms with van der Waals surface area (Å²) < 4.78 is 1.62. The molecule has 0 aromatic carbocycles. The second kappa shape index (κ2) is 4.66. The van der Waals surface area contributed by atoms with Crippen LogP contribution in [0.2, 0.25) is 0 Å². The highest BCUT2D eigenvalue weighted by molar-refractivity contribution is 6.00. The first kappa shape index (κ1) is 11.1. The number of fused-ring (bicyclic) bond motifs is 1. The average molecular weight is 228 g/mol. The van der Waals surface area contributed by atoms with Gasteiger partial charge in [-0.05, 0) is 6.92 Å². The molecule has 0 aliphatic carbocycles. The Balaban J connectivity index is 2.40. The predicted octanol–water partition coefficient (Wildman–Crippen LogP) is 0.825. The molecule has 5 heteroatoms. The van der Waals surface area contributed by atoms with E-state index >= 15 is 0 Å². The van der Waals surface area contributed by atoms with Gasteiger partial charge in [-0.25, -0.2) is 4.52 Å². The van der Waals surface area contributed by atoms with Gasteiger partial charge >= 0.3 is 0 Å². The highest BCUT2D eigenvalue weighted by atomic mass is 16.2. The van der Waals surface area contributed by atoms with E-state index in [0.717, 1.165) is 0 Å². The molecular weight excluding hydrogens is 216 g/mol. The quantitative estimate of drug-likeness (QED) is 0.731. The van der Waals surface area contributed by atoms with Crippen LogP contribution in [-0.4, -0.2) is 38.5 Å². The van der Waals surface area contributed by atoms with Crippen LogP contribution < -0.4 is 0 Å². The van der Waals surface area contributed by atoms with E-state index in [2.05, 4.69) is 16.0 Å². The van der Waals surface area contributed by atoms with Crippen molar-refractivity contribution in [1.82, 2.24) is 19.5 Å². The van der Waals surface area contributed by atoms with Crippen LogP contribution in [0.4, 0.5) is 0 Å². The fraction of sp³-hybridized carbons (Fsp3) is 0.250. The van der Waals surface area contributed by atoms with Crippen molar-refractivity contribution < 1.29 is 4.79 Å². The Morgan fingerprint density at radius 1 is 1.59 bits per heavy atom. The maximum absolute atomic E-state index is 12.2. The molecule has 2 aromatic heterocycles. The van der Waals surface area contributed by atoms with Crippen LogP contribution in [0.1, 0.15) is 17.3 Å². The molecule has 0 aliphatic rings.